The van der Waals surface area contributed by atoms with Gasteiger partial charge in [0, 0.05) is 52.9 Å². The fraction of sp³-hybridized carbons (Fsp3) is 0.533. The number of piperazine rings is 1. The predicted molar refractivity (Wildman–Crippen MR) is 80.6 cm³/mol. The molecule has 1 aromatic carbocycles. The minimum absolute atomic E-state index is 0.0102. The van der Waals surface area contributed by atoms with Crippen LogP contribution in [0.1, 0.15) is 5.56 Å². The summed E-state index contributed by atoms with van der Waals surface area (Å²) in [7, 11) is 1.85. The first-order valence-electron chi connectivity index (χ1n) is 7.21. The van der Waals surface area contributed by atoms with Gasteiger partial charge in [-0.25, -0.2) is 4.79 Å². The first-order valence-corrected chi connectivity index (χ1v) is 7.21. The molecule has 1 aliphatic rings. The highest BCUT2D eigenvalue weighted by atomic mass is 16.2. The van der Waals surface area contributed by atoms with Crippen molar-refractivity contribution < 1.29 is 4.79 Å². The van der Waals surface area contributed by atoms with E-state index in [1.54, 1.807) is 4.90 Å². The van der Waals surface area contributed by atoms with Crippen LogP contribution in [0.4, 0.5) is 4.79 Å². The number of hydrogen-bond donors (Lipinski definition) is 2. The van der Waals surface area contributed by atoms with Crippen molar-refractivity contribution in [3.63, 3.8) is 0 Å². The highest BCUT2D eigenvalue weighted by Gasteiger charge is 2.12. The van der Waals surface area contributed by atoms with Gasteiger partial charge in [0.15, 0.2) is 0 Å². The highest BCUT2D eigenvalue weighted by Crippen LogP contribution is 1.98. The van der Waals surface area contributed by atoms with Crippen molar-refractivity contribution in [3.05, 3.63) is 35.9 Å². The third kappa shape index (κ3) is 4.83. The van der Waals surface area contributed by atoms with Crippen LogP contribution in [0.3, 0.4) is 0 Å². The molecule has 20 heavy (non-hydrogen) atoms. The third-order valence-electron chi connectivity index (χ3n) is 3.59. The largest absolute Gasteiger partial charge is 0.334 e. The van der Waals surface area contributed by atoms with Gasteiger partial charge in [0.05, 0.1) is 0 Å². The number of carbonyl (C=O) groups is 1. The van der Waals surface area contributed by atoms with E-state index in [9.17, 15) is 4.79 Å². The Bertz CT molecular complexity index is 404. The standard InChI is InChI=1S/C15H24N4O/c1-18(11-12-19-9-7-16-8-10-19)15(20)17-13-14-5-3-2-4-6-14/h2-6,16H,7-13H2,1H3,(H,17,20). The molecular formula is C15H24N4O. The average molecular weight is 276 g/mol. The summed E-state index contributed by atoms with van der Waals surface area (Å²) in [6.45, 7) is 6.52. The summed E-state index contributed by atoms with van der Waals surface area (Å²) in [5.41, 5.74) is 1.12. The SMILES string of the molecule is CN(CCN1CCNCC1)C(=O)NCc1ccccc1. The number of likely N-dealkylation sites (N-methyl/N-ethyl adjacent to an activating group) is 1. The molecule has 1 saturated heterocycles. The van der Waals surface area contributed by atoms with Crippen LogP contribution in [-0.4, -0.2) is 62.1 Å². The Balaban J connectivity index is 1.66. The molecule has 0 unspecified atom stereocenters. The molecular weight excluding hydrogens is 252 g/mol. The fourth-order valence-corrected chi connectivity index (χ4v) is 2.24. The molecule has 0 aliphatic carbocycles. The Morgan fingerprint density at radius 2 is 2.00 bits per heavy atom. The number of rotatable bonds is 5. The smallest absolute Gasteiger partial charge is 0.317 e. The minimum atomic E-state index is -0.0102. The van der Waals surface area contributed by atoms with Gasteiger partial charge in [-0.05, 0) is 5.56 Å². The number of urea groups is 1. The summed E-state index contributed by atoms with van der Waals surface area (Å²) < 4.78 is 0. The van der Waals surface area contributed by atoms with E-state index < -0.39 is 0 Å². The van der Waals surface area contributed by atoms with Gasteiger partial charge >= 0.3 is 6.03 Å². The Morgan fingerprint density at radius 1 is 1.30 bits per heavy atom. The van der Waals surface area contributed by atoms with Crippen molar-refractivity contribution in [1.29, 1.82) is 0 Å². The first kappa shape index (κ1) is 14.8. The highest BCUT2D eigenvalue weighted by molar-refractivity contribution is 5.73. The number of amides is 2. The lowest BCUT2D eigenvalue weighted by Crippen LogP contribution is -2.47. The molecule has 1 aromatic rings. The molecule has 1 fully saturated rings. The van der Waals surface area contributed by atoms with E-state index in [1.165, 1.54) is 0 Å². The summed E-state index contributed by atoms with van der Waals surface area (Å²) in [5, 5.41) is 6.27. The van der Waals surface area contributed by atoms with E-state index in [-0.39, 0.29) is 6.03 Å². The van der Waals surface area contributed by atoms with Crippen LogP contribution in [0.25, 0.3) is 0 Å². The van der Waals surface area contributed by atoms with E-state index in [4.69, 9.17) is 0 Å². The van der Waals surface area contributed by atoms with Crippen LogP contribution >= 0.6 is 0 Å². The van der Waals surface area contributed by atoms with Crippen LogP contribution in [0.5, 0.6) is 0 Å². The van der Waals surface area contributed by atoms with Crippen LogP contribution in [0, 0.1) is 0 Å². The maximum absolute atomic E-state index is 12.0. The molecule has 0 radical (unpaired) electrons. The zero-order chi connectivity index (χ0) is 14.2. The fourth-order valence-electron chi connectivity index (χ4n) is 2.24. The van der Waals surface area contributed by atoms with Crippen LogP contribution in [0.2, 0.25) is 0 Å². The van der Waals surface area contributed by atoms with Crippen molar-refractivity contribution in [1.82, 2.24) is 20.4 Å². The third-order valence-corrected chi connectivity index (χ3v) is 3.59. The van der Waals surface area contributed by atoms with Gasteiger partial charge in [-0.2, -0.15) is 0 Å². The molecule has 1 aliphatic heterocycles. The lowest BCUT2D eigenvalue weighted by Gasteiger charge is -2.29. The maximum atomic E-state index is 12.0. The molecule has 110 valence electrons. The van der Waals surface area contributed by atoms with Gasteiger partial charge < -0.3 is 15.5 Å². The molecule has 5 heteroatoms. The van der Waals surface area contributed by atoms with Crippen LogP contribution in [0.15, 0.2) is 30.3 Å². The van der Waals surface area contributed by atoms with Crippen molar-refractivity contribution >= 4 is 6.03 Å². The summed E-state index contributed by atoms with van der Waals surface area (Å²) in [6.07, 6.45) is 0. The van der Waals surface area contributed by atoms with Gasteiger partial charge in [0.1, 0.15) is 0 Å². The summed E-state index contributed by atoms with van der Waals surface area (Å²) in [6, 6.07) is 9.96. The predicted octanol–water partition coefficient (Wildman–Crippen LogP) is 0.733. The van der Waals surface area contributed by atoms with Crippen LogP contribution < -0.4 is 10.6 Å². The van der Waals surface area contributed by atoms with Crippen molar-refractivity contribution in [2.75, 3.05) is 46.3 Å². The molecule has 1 heterocycles. The maximum Gasteiger partial charge on any atom is 0.317 e. The molecule has 0 aromatic heterocycles. The molecule has 0 spiro atoms. The van der Waals surface area contributed by atoms with Crippen molar-refractivity contribution in [2.24, 2.45) is 0 Å². The first-order chi connectivity index (χ1) is 9.75. The van der Waals surface area contributed by atoms with Gasteiger partial charge in [-0.15, -0.1) is 0 Å². The second-order valence-electron chi connectivity index (χ2n) is 5.16. The number of benzene rings is 1. The summed E-state index contributed by atoms with van der Waals surface area (Å²) in [4.78, 5) is 16.1. The molecule has 0 saturated carbocycles. The second kappa shape index (κ2) is 7.87. The molecule has 5 nitrogen and oxygen atoms in total. The minimum Gasteiger partial charge on any atom is -0.334 e. The second-order valence-corrected chi connectivity index (χ2v) is 5.16. The molecule has 2 amide bonds. The van der Waals surface area contributed by atoms with Gasteiger partial charge in [0.2, 0.25) is 0 Å². The van der Waals surface area contributed by atoms with Gasteiger partial charge in [-0.1, -0.05) is 30.3 Å². The Morgan fingerprint density at radius 3 is 2.70 bits per heavy atom. The Kier molecular flexibility index (Phi) is 5.83. The summed E-state index contributed by atoms with van der Waals surface area (Å²) in [5.74, 6) is 0. The normalized spacial score (nSPS) is 15.8. The monoisotopic (exact) mass is 276 g/mol. The zero-order valence-corrected chi connectivity index (χ0v) is 12.1. The van der Waals surface area contributed by atoms with Gasteiger partial charge in [0.25, 0.3) is 0 Å². The number of hydrogen-bond acceptors (Lipinski definition) is 3. The molecule has 2 rings (SSSR count). The number of nitrogens with one attached hydrogen (secondary N) is 2. The van der Waals surface area contributed by atoms with E-state index in [1.807, 2.05) is 37.4 Å². The summed E-state index contributed by atoms with van der Waals surface area (Å²) >= 11 is 0. The lowest BCUT2D eigenvalue weighted by molar-refractivity contribution is 0.187. The zero-order valence-electron chi connectivity index (χ0n) is 12.1. The van der Waals surface area contributed by atoms with E-state index in [2.05, 4.69) is 15.5 Å². The Labute approximate surface area is 120 Å². The molecule has 0 bridgehead atoms. The van der Waals surface area contributed by atoms with Crippen LogP contribution in [-0.2, 0) is 6.54 Å². The molecule has 0 atom stereocenters. The number of nitrogens with zero attached hydrogens (tertiary/aromatic N) is 2. The quantitative estimate of drug-likeness (QED) is 0.833. The average Bonchev–Trinajstić information content (AvgIpc) is 2.52. The van der Waals surface area contributed by atoms with E-state index in [0.29, 0.717) is 6.54 Å². The molecule has 2 N–H and O–H groups in total. The van der Waals surface area contributed by atoms with Crippen molar-refractivity contribution in [2.45, 2.75) is 6.54 Å². The lowest BCUT2D eigenvalue weighted by atomic mass is 10.2. The van der Waals surface area contributed by atoms with Gasteiger partial charge in [-0.3, -0.25) is 4.90 Å². The topological polar surface area (TPSA) is 47.6 Å². The number of carbonyl (C=O) groups excluding carboxylic acids is 1. The van der Waals surface area contributed by atoms with E-state index in [0.717, 1.165) is 44.8 Å². The van der Waals surface area contributed by atoms with E-state index >= 15 is 0 Å². The van der Waals surface area contributed by atoms with Crippen molar-refractivity contribution in [3.8, 4) is 0 Å². The Hall–Kier alpha value is -1.59.